The average Bonchev–Trinajstić information content (AvgIpc) is 3.53. The highest BCUT2D eigenvalue weighted by molar-refractivity contribution is 7.98. The summed E-state index contributed by atoms with van der Waals surface area (Å²) in [5.74, 6) is 1.90. The lowest BCUT2D eigenvalue weighted by atomic mass is 10.1. The van der Waals surface area contributed by atoms with E-state index in [9.17, 15) is 4.79 Å². The minimum Gasteiger partial charge on any atom is -0.338 e. The number of hydrogen-bond acceptors (Lipinski definition) is 7. The summed E-state index contributed by atoms with van der Waals surface area (Å²) in [6, 6.07) is 23.1. The first kappa shape index (κ1) is 21.3. The summed E-state index contributed by atoms with van der Waals surface area (Å²) < 4.78 is 9.02. The minimum atomic E-state index is -0.129. The van der Waals surface area contributed by atoms with Crippen molar-refractivity contribution < 1.29 is 4.52 Å². The van der Waals surface area contributed by atoms with E-state index in [1.165, 1.54) is 11.8 Å². The predicted octanol–water partition coefficient (Wildman–Crippen LogP) is 4.99. The van der Waals surface area contributed by atoms with E-state index >= 15 is 0 Å². The van der Waals surface area contributed by atoms with E-state index in [1.54, 1.807) is 4.57 Å². The first-order chi connectivity index (χ1) is 17.1. The molecule has 0 radical (unpaired) electrons. The van der Waals surface area contributed by atoms with Gasteiger partial charge in [-0.3, -0.25) is 9.20 Å². The van der Waals surface area contributed by atoms with Crippen molar-refractivity contribution in [3.05, 3.63) is 100 Å². The van der Waals surface area contributed by atoms with E-state index in [1.807, 2.05) is 91.0 Å². The van der Waals surface area contributed by atoms with Crippen LogP contribution in [0, 0.1) is 13.8 Å². The second-order valence-corrected chi connectivity index (χ2v) is 9.10. The van der Waals surface area contributed by atoms with Gasteiger partial charge in [-0.25, -0.2) is 4.57 Å². The molecule has 0 atom stereocenters. The summed E-state index contributed by atoms with van der Waals surface area (Å²) in [5.41, 5.74) is 4.42. The molecule has 8 nitrogen and oxygen atoms in total. The van der Waals surface area contributed by atoms with Gasteiger partial charge in [-0.2, -0.15) is 4.98 Å². The lowest BCUT2D eigenvalue weighted by Gasteiger charge is -2.14. The number of para-hydroxylation sites is 1. The highest BCUT2D eigenvalue weighted by Gasteiger charge is 2.20. The van der Waals surface area contributed by atoms with Gasteiger partial charge in [0.1, 0.15) is 0 Å². The van der Waals surface area contributed by atoms with Crippen molar-refractivity contribution in [1.82, 2.24) is 29.3 Å². The van der Waals surface area contributed by atoms with E-state index < -0.39 is 0 Å². The number of nitrogens with zero attached hydrogens (tertiary/aromatic N) is 6. The van der Waals surface area contributed by atoms with Crippen molar-refractivity contribution in [1.29, 1.82) is 0 Å². The Kier molecular flexibility index (Phi) is 5.18. The molecule has 0 fully saturated rings. The van der Waals surface area contributed by atoms with Crippen LogP contribution >= 0.6 is 11.8 Å². The average molecular weight is 481 g/mol. The van der Waals surface area contributed by atoms with E-state index in [2.05, 4.69) is 20.3 Å². The van der Waals surface area contributed by atoms with Crippen LogP contribution in [-0.2, 0) is 5.75 Å². The Morgan fingerprint density at radius 1 is 0.914 bits per heavy atom. The minimum absolute atomic E-state index is 0.129. The SMILES string of the molecule is Cc1cccc(-n2c(=O)c3ccccc3n3c(SCc4nc(-c5ccccc5)no4)nnc23)c1C. The van der Waals surface area contributed by atoms with Gasteiger partial charge in [0, 0.05) is 5.56 Å². The number of rotatable bonds is 5. The molecule has 3 aromatic heterocycles. The molecule has 3 heterocycles. The maximum absolute atomic E-state index is 13.6. The molecular weight excluding hydrogens is 460 g/mol. The number of hydrogen-bond donors (Lipinski definition) is 0. The number of thioether (sulfide) groups is 1. The highest BCUT2D eigenvalue weighted by Crippen LogP contribution is 2.27. The number of aromatic nitrogens is 6. The molecule has 0 amide bonds. The van der Waals surface area contributed by atoms with Crippen LogP contribution < -0.4 is 5.56 Å². The monoisotopic (exact) mass is 480 g/mol. The van der Waals surface area contributed by atoms with Crippen LogP contribution in [0.25, 0.3) is 33.8 Å². The Morgan fingerprint density at radius 3 is 2.57 bits per heavy atom. The van der Waals surface area contributed by atoms with Gasteiger partial charge < -0.3 is 4.52 Å². The standard InChI is InChI=1S/C26H20N6O2S/c1-16-9-8-14-20(17(16)2)31-24(33)19-12-6-7-13-21(19)32-25(31)28-29-26(32)35-15-22-27-23(30-34-22)18-10-4-3-5-11-18/h3-14H,15H2,1-2H3. The van der Waals surface area contributed by atoms with E-state index in [4.69, 9.17) is 4.52 Å². The fourth-order valence-electron chi connectivity index (χ4n) is 4.11. The van der Waals surface area contributed by atoms with E-state index in [0.29, 0.717) is 33.8 Å². The Hall–Kier alpha value is -4.24. The van der Waals surface area contributed by atoms with Gasteiger partial charge in [0.2, 0.25) is 17.5 Å². The Morgan fingerprint density at radius 2 is 1.71 bits per heavy atom. The van der Waals surface area contributed by atoms with Crippen LogP contribution in [0.3, 0.4) is 0 Å². The van der Waals surface area contributed by atoms with Gasteiger partial charge in [0.25, 0.3) is 5.56 Å². The molecule has 0 aliphatic heterocycles. The van der Waals surface area contributed by atoms with Crippen molar-refractivity contribution in [3.8, 4) is 17.1 Å². The van der Waals surface area contributed by atoms with Crippen LogP contribution in [0.2, 0.25) is 0 Å². The largest absolute Gasteiger partial charge is 0.338 e. The van der Waals surface area contributed by atoms with Crippen LogP contribution in [-0.4, -0.2) is 29.3 Å². The van der Waals surface area contributed by atoms with Gasteiger partial charge >= 0.3 is 0 Å². The summed E-state index contributed by atoms with van der Waals surface area (Å²) in [6.45, 7) is 4.04. The molecule has 0 saturated carbocycles. The maximum Gasteiger partial charge on any atom is 0.267 e. The highest BCUT2D eigenvalue weighted by atomic mass is 32.2. The molecule has 0 unspecified atom stereocenters. The second-order valence-electron chi connectivity index (χ2n) is 8.16. The molecule has 9 heteroatoms. The van der Waals surface area contributed by atoms with Crippen molar-refractivity contribution >= 4 is 28.4 Å². The topological polar surface area (TPSA) is 91.1 Å². The summed E-state index contributed by atoms with van der Waals surface area (Å²) in [4.78, 5) is 18.1. The third kappa shape index (κ3) is 3.60. The molecule has 172 valence electrons. The zero-order valence-corrected chi connectivity index (χ0v) is 19.9. The van der Waals surface area contributed by atoms with Gasteiger partial charge in [-0.15, -0.1) is 10.2 Å². The van der Waals surface area contributed by atoms with Crippen LogP contribution in [0.15, 0.2) is 87.3 Å². The molecule has 0 aliphatic carbocycles. The van der Waals surface area contributed by atoms with Gasteiger partial charge in [0.05, 0.1) is 22.3 Å². The van der Waals surface area contributed by atoms with Crippen LogP contribution in [0.4, 0.5) is 0 Å². The molecule has 0 saturated heterocycles. The van der Waals surface area contributed by atoms with Crippen molar-refractivity contribution in [2.45, 2.75) is 24.8 Å². The van der Waals surface area contributed by atoms with Gasteiger partial charge in [0.15, 0.2) is 5.16 Å². The fraction of sp³-hybridized carbons (Fsp3) is 0.115. The zero-order valence-electron chi connectivity index (χ0n) is 19.0. The Bertz CT molecular complexity index is 1750. The van der Waals surface area contributed by atoms with Gasteiger partial charge in [-0.05, 0) is 43.2 Å². The smallest absolute Gasteiger partial charge is 0.267 e. The summed E-state index contributed by atoms with van der Waals surface area (Å²) in [5, 5.41) is 14.2. The van der Waals surface area contributed by atoms with Gasteiger partial charge in [-0.1, -0.05) is 71.5 Å². The molecule has 6 aromatic rings. The van der Waals surface area contributed by atoms with Crippen LogP contribution in [0.5, 0.6) is 0 Å². The quantitative estimate of drug-likeness (QED) is 0.321. The predicted molar refractivity (Wildman–Crippen MR) is 135 cm³/mol. The number of benzene rings is 3. The molecule has 35 heavy (non-hydrogen) atoms. The summed E-state index contributed by atoms with van der Waals surface area (Å²) in [7, 11) is 0. The Balaban J connectivity index is 1.45. The first-order valence-corrected chi connectivity index (χ1v) is 12.1. The van der Waals surface area contributed by atoms with Crippen LogP contribution in [0.1, 0.15) is 17.0 Å². The first-order valence-electron chi connectivity index (χ1n) is 11.1. The molecule has 0 N–H and O–H groups in total. The molecule has 0 bridgehead atoms. The zero-order chi connectivity index (χ0) is 23.9. The lowest BCUT2D eigenvalue weighted by Crippen LogP contribution is -2.22. The third-order valence-corrected chi connectivity index (χ3v) is 6.95. The third-order valence-electron chi connectivity index (χ3n) is 6.04. The normalized spacial score (nSPS) is 11.5. The fourth-order valence-corrected chi connectivity index (χ4v) is 4.89. The second kappa shape index (κ2) is 8.52. The number of aryl methyl sites for hydroxylation is 1. The molecule has 3 aromatic carbocycles. The number of fused-ring (bicyclic) bond motifs is 3. The molecule has 6 rings (SSSR count). The Labute approximate surface area is 204 Å². The van der Waals surface area contributed by atoms with E-state index in [0.717, 1.165) is 27.9 Å². The molecule has 0 spiro atoms. The van der Waals surface area contributed by atoms with Crippen molar-refractivity contribution in [3.63, 3.8) is 0 Å². The summed E-state index contributed by atoms with van der Waals surface area (Å²) in [6.07, 6.45) is 0. The molecular formula is C26H20N6O2S. The summed E-state index contributed by atoms with van der Waals surface area (Å²) >= 11 is 1.43. The maximum atomic E-state index is 13.6. The molecule has 0 aliphatic rings. The van der Waals surface area contributed by atoms with Crippen molar-refractivity contribution in [2.75, 3.05) is 0 Å². The van der Waals surface area contributed by atoms with E-state index in [-0.39, 0.29) is 5.56 Å². The van der Waals surface area contributed by atoms with Crippen molar-refractivity contribution in [2.24, 2.45) is 0 Å². The lowest BCUT2D eigenvalue weighted by molar-refractivity contribution is 0.391.